The third-order valence-corrected chi connectivity index (χ3v) is 7.47. The maximum Gasteiger partial charge on any atom is 0.412 e. The monoisotopic (exact) mass is 507 g/mol. The number of fused-ring (bicyclic) bond motifs is 1. The van der Waals surface area contributed by atoms with Crippen molar-refractivity contribution in [3.8, 4) is 5.75 Å². The van der Waals surface area contributed by atoms with Crippen molar-refractivity contribution in [1.82, 2.24) is 10.2 Å². The van der Waals surface area contributed by atoms with Gasteiger partial charge in [-0.15, -0.1) is 0 Å². The summed E-state index contributed by atoms with van der Waals surface area (Å²) >= 11 is 0. The summed E-state index contributed by atoms with van der Waals surface area (Å²) in [6, 6.07) is 14.3. The number of carbonyl (C=O) groups excluding carboxylic acids is 2. The first-order chi connectivity index (χ1) is 17.5. The average Bonchev–Trinajstić information content (AvgIpc) is 2.86. The van der Waals surface area contributed by atoms with Gasteiger partial charge in [-0.25, -0.2) is 4.79 Å². The molecular weight excluding hydrogens is 466 g/mol. The van der Waals surface area contributed by atoms with Crippen LogP contribution in [0.3, 0.4) is 0 Å². The van der Waals surface area contributed by atoms with Gasteiger partial charge in [-0.3, -0.25) is 15.0 Å². The molecule has 2 aliphatic heterocycles. The van der Waals surface area contributed by atoms with Crippen molar-refractivity contribution in [2.75, 3.05) is 25.6 Å². The van der Waals surface area contributed by atoms with Gasteiger partial charge in [0, 0.05) is 36.2 Å². The summed E-state index contributed by atoms with van der Waals surface area (Å²) in [5, 5.41) is 3.56. The predicted octanol–water partition coefficient (Wildman–Crippen LogP) is 5.57. The minimum Gasteiger partial charge on any atom is -0.496 e. The second-order valence-electron chi connectivity index (χ2n) is 11.3. The lowest BCUT2D eigenvalue weighted by Crippen LogP contribution is -2.63. The SMILES string of the molecule is CN[C@@]1(c2ccccc2)[C@H](c2cc3c(cc2OC)CCC(=O)N3C(C)C)CCCN1C(=O)OC(C)(C)C. The molecule has 2 aromatic carbocycles. The zero-order valence-corrected chi connectivity index (χ0v) is 23.3. The number of methoxy groups -OCH3 is 1. The van der Waals surface area contributed by atoms with Crippen LogP contribution < -0.4 is 15.0 Å². The Morgan fingerprint density at radius 2 is 1.84 bits per heavy atom. The number of aryl methyl sites for hydroxylation is 1. The van der Waals surface area contributed by atoms with Gasteiger partial charge < -0.3 is 14.4 Å². The van der Waals surface area contributed by atoms with Crippen molar-refractivity contribution in [2.45, 2.75) is 83.5 Å². The molecule has 0 saturated carbocycles. The third kappa shape index (κ3) is 4.93. The lowest BCUT2D eigenvalue weighted by Gasteiger charge is -2.52. The molecule has 1 N–H and O–H groups in total. The molecule has 2 heterocycles. The van der Waals surface area contributed by atoms with Crippen molar-refractivity contribution >= 4 is 17.7 Å². The number of nitrogens with one attached hydrogen (secondary N) is 1. The standard InChI is InChI=1S/C30H41N3O4/c1-20(2)33-25-19-23(26(36-7)18-21(25)15-16-27(33)34)24-14-11-17-32(28(35)37-29(3,4)5)30(24,31-6)22-12-9-8-10-13-22/h8-10,12-13,18-20,24,31H,11,14-17H2,1-7H3/t24-,30+/m0/s1. The predicted molar refractivity (Wildman–Crippen MR) is 146 cm³/mol. The Labute approximate surface area is 221 Å². The largest absolute Gasteiger partial charge is 0.496 e. The van der Waals surface area contributed by atoms with Crippen molar-refractivity contribution in [3.63, 3.8) is 0 Å². The molecule has 7 heteroatoms. The first kappa shape index (κ1) is 27.0. The average molecular weight is 508 g/mol. The summed E-state index contributed by atoms with van der Waals surface area (Å²) in [5.41, 5.74) is 2.52. The molecule has 37 heavy (non-hydrogen) atoms. The first-order valence-corrected chi connectivity index (χ1v) is 13.3. The molecule has 0 radical (unpaired) electrons. The highest BCUT2D eigenvalue weighted by atomic mass is 16.6. The second-order valence-corrected chi connectivity index (χ2v) is 11.3. The molecule has 0 aromatic heterocycles. The summed E-state index contributed by atoms with van der Waals surface area (Å²) in [4.78, 5) is 30.4. The molecule has 200 valence electrons. The number of ether oxygens (including phenoxy) is 2. The van der Waals surface area contributed by atoms with Gasteiger partial charge in [-0.05, 0) is 84.2 Å². The summed E-state index contributed by atoms with van der Waals surface area (Å²) in [7, 11) is 3.59. The van der Waals surface area contributed by atoms with E-state index in [4.69, 9.17) is 9.47 Å². The van der Waals surface area contributed by atoms with Crippen LogP contribution in [0.25, 0.3) is 0 Å². The van der Waals surface area contributed by atoms with E-state index >= 15 is 0 Å². The zero-order valence-electron chi connectivity index (χ0n) is 23.3. The topological polar surface area (TPSA) is 71.1 Å². The number of hydrogen-bond acceptors (Lipinski definition) is 5. The van der Waals surface area contributed by atoms with Gasteiger partial charge in [0.25, 0.3) is 0 Å². The van der Waals surface area contributed by atoms with Crippen LogP contribution in [0.4, 0.5) is 10.5 Å². The minimum absolute atomic E-state index is 0.0422. The second kappa shape index (κ2) is 10.4. The molecule has 7 nitrogen and oxygen atoms in total. The van der Waals surface area contributed by atoms with Gasteiger partial charge >= 0.3 is 6.09 Å². The highest BCUT2D eigenvalue weighted by molar-refractivity contribution is 5.97. The van der Waals surface area contributed by atoms with Crippen molar-refractivity contribution in [1.29, 1.82) is 0 Å². The Kier molecular flexibility index (Phi) is 7.56. The van der Waals surface area contributed by atoms with Crippen molar-refractivity contribution in [3.05, 3.63) is 59.2 Å². The van der Waals surface area contributed by atoms with E-state index in [1.54, 1.807) is 7.11 Å². The highest BCUT2D eigenvalue weighted by Crippen LogP contribution is 2.50. The normalized spacial score (nSPS) is 22.2. The molecule has 0 bridgehead atoms. The molecule has 2 atom stereocenters. The van der Waals surface area contributed by atoms with Gasteiger partial charge in [0.1, 0.15) is 17.0 Å². The van der Waals surface area contributed by atoms with E-state index in [0.717, 1.165) is 41.0 Å². The third-order valence-electron chi connectivity index (χ3n) is 7.47. The van der Waals surface area contributed by atoms with Crippen LogP contribution in [-0.4, -0.2) is 49.2 Å². The molecule has 2 aromatic rings. The van der Waals surface area contributed by atoms with Crippen LogP contribution >= 0.6 is 0 Å². The summed E-state index contributed by atoms with van der Waals surface area (Å²) in [5.74, 6) is 0.774. The van der Waals surface area contributed by atoms with Crippen molar-refractivity contribution in [2.24, 2.45) is 0 Å². The molecule has 0 unspecified atom stereocenters. The molecular formula is C30H41N3O4. The molecule has 2 amide bonds. The summed E-state index contributed by atoms with van der Waals surface area (Å²) < 4.78 is 11.9. The summed E-state index contributed by atoms with van der Waals surface area (Å²) in [6.45, 7) is 10.3. The fourth-order valence-electron chi connectivity index (χ4n) is 6.03. The number of hydrogen-bond donors (Lipinski definition) is 1. The molecule has 0 spiro atoms. The Morgan fingerprint density at radius 3 is 2.43 bits per heavy atom. The van der Waals surface area contributed by atoms with E-state index in [1.807, 2.05) is 69.7 Å². The zero-order chi connectivity index (χ0) is 27.0. The summed E-state index contributed by atoms with van der Waals surface area (Å²) in [6.07, 6.45) is 2.48. The fourth-order valence-corrected chi connectivity index (χ4v) is 6.03. The first-order valence-electron chi connectivity index (χ1n) is 13.3. The van der Waals surface area contributed by atoms with Crippen LogP contribution in [0.2, 0.25) is 0 Å². The van der Waals surface area contributed by atoms with E-state index in [-0.39, 0.29) is 24.0 Å². The lowest BCUT2D eigenvalue weighted by atomic mass is 9.73. The smallest absolute Gasteiger partial charge is 0.412 e. The maximum atomic E-state index is 13.7. The number of amides is 2. The van der Waals surface area contributed by atoms with Crippen molar-refractivity contribution < 1.29 is 19.1 Å². The molecule has 1 saturated heterocycles. The number of nitrogens with zero attached hydrogens (tertiary/aromatic N) is 2. The minimum atomic E-state index is -0.870. The Morgan fingerprint density at radius 1 is 1.14 bits per heavy atom. The van der Waals surface area contributed by atoms with Gasteiger partial charge in [0.15, 0.2) is 0 Å². The number of carbonyl (C=O) groups is 2. The highest BCUT2D eigenvalue weighted by Gasteiger charge is 2.51. The number of likely N-dealkylation sites (N-methyl/N-ethyl adjacent to an activating group) is 1. The molecule has 1 fully saturated rings. The number of piperidine rings is 1. The number of anilines is 1. The van der Waals surface area contributed by atoms with Crippen LogP contribution in [0, 0.1) is 0 Å². The van der Waals surface area contributed by atoms with E-state index < -0.39 is 11.3 Å². The van der Waals surface area contributed by atoms with E-state index in [2.05, 4.69) is 29.6 Å². The van der Waals surface area contributed by atoms with E-state index in [9.17, 15) is 9.59 Å². The quantitative estimate of drug-likeness (QED) is 0.573. The van der Waals surface area contributed by atoms with E-state index in [0.29, 0.717) is 19.4 Å². The lowest BCUT2D eigenvalue weighted by molar-refractivity contribution is -0.119. The van der Waals surface area contributed by atoms with Crippen LogP contribution in [0.15, 0.2) is 42.5 Å². The van der Waals surface area contributed by atoms with Gasteiger partial charge in [0.2, 0.25) is 5.91 Å². The number of likely N-dealkylation sites (tertiary alicyclic amines) is 1. The number of benzene rings is 2. The van der Waals surface area contributed by atoms with Crippen LogP contribution in [0.5, 0.6) is 5.75 Å². The molecule has 2 aliphatic rings. The van der Waals surface area contributed by atoms with Gasteiger partial charge in [0.05, 0.1) is 7.11 Å². The van der Waals surface area contributed by atoms with Gasteiger partial charge in [-0.2, -0.15) is 0 Å². The molecule has 4 rings (SSSR count). The Balaban J connectivity index is 1.94. The van der Waals surface area contributed by atoms with Crippen LogP contribution in [-0.2, 0) is 21.6 Å². The molecule has 0 aliphatic carbocycles. The Hall–Kier alpha value is -3.06. The maximum absolute atomic E-state index is 13.7. The van der Waals surface area contributed by atoms with E-state index in [1.165, 1.54) is 0 Å². The fraction of sp³-hybridized carbons (Fsp3) is 0.533. The Bertz CT molecular complexity index is 1140. The number of rotatable bonds is 5. The van der Waals surface area contributed by atoms with Crippen LogP contribution in [0.1, 0.15) is 76.5 Å². The van der Waals surface area contributed by atoms with Gasteiger partial charge in [-0.1, -0.05) is 30.3 Å².